The van der Waals surface area contributed by atoms with Gasteiger partial charge >= 0.3 is 5.91 Å². The van der Waals surface area contributed by atoms with Gasteiger partial charge in [-0.25, -0.2) is 0 Å². The molecule has 10 heavy (non-hydrogen) atoms. The van der Waals surface area contributed by atoms with Gasteiger partial charge in [-0.3, -0.25) is 4.79 Å². The number of nitrogens with zero attached hydrogens (tertiary/aromatic N) is 2. The van der Waals surface area contributed by atoms with E-state index in [4.69, 9.17) is 5.21 Å². The summed E-state index contributed by atoms with van der Waals surface area (Å²) >= 11 is 0. The Kier molecular flexibility index (Phi) is 3.70. The number of hydrogen-bond donors (Lipinski definition) is 1. The van der Waals surface area contributed by atoms with Crippen LogP contribution < -0.4 is 0 Å². The highest BCUT2D eigenvalue weighted by molar-refractivity contribution is 5.99. The average Bonchev–Trinajstić information content (AvgIpc) is 1.99. The van der Waals surface area contributed by atoms with E-state index < -0.39 is 5.91 Å². The van der Waals surface area contributed by atoms with Gasteiger partial charge in [-0.2, -0.15) is 0 Å². The van der Waals surface area contributed by atoms with Crippen molar-refractivity contribution < 1.29 is 10.0 Å². The fourth-order valence-corrected chi connectivity index (χ4v) is 0.256. The summed E-state index contributed by atoms with van der Waals surface area (Å²) in [4.78, 5) is 19.6. The molecular weight excluding hydrogens is 136 g/mol. The van der Waals surface area contributed by atoms with Crippen LogP contribution in [0, 0.1) is 4.91 Å². The zero-order chi connectivity index (χ0) is 7.98. The lowest BCUT2D eigenvalue weighted by Crippen LogP contribution is -1.88. The Morgan fingerprint density at radius 2 is 2.10 bits per heavy atom. The van der Waals surface area contributed by atoms with Crippen LogP contribution in [0.1, 0.15) is 6.92 Å². The zero-order valence-electron chi connectivity index (χ0n) is 5.31. The summed E-state index contributed by atoms with van der Waals surface area (Å²) in [5.41, 5.74) is 0.233. The maximum atomic E-state index is 10.1. The Balaban J connectivity index is 4.00. The number of rotatable bonds is 2. The standard InChI is InChI=1S/C5H6N2O3/c1-4(6-9)2-3-5(8)7-10/h2-3,9H,1H3. The van der Waals surface area contributed by atoms with Crippen molar-refractivity contribution in [3.63, 3.8) is 0 Å². The first kappa shape index (κ1) is 8.48. The van der Waals surface area contributed by atoms with Crippen LogP contribution >= 0.6 is 0 Å². The van der Waals surface area contributed by atoms with Crippen molar-refractivity contribution in [3.8, 4) is 0 Å². The molecule has 1 amide bonds. The molecule has 0 aromatic carbocycles. The summed E-state index contributed by atoms with van der Waals surface area (Å²) in [5.74, 6) is -0.900. The monoisotopic (exact) mass is 142 g/mol. The number of nitroso groups, excluding NO2 is 1. The molecule has 0 unspecified atom stereocenters. The normalized spacial score (nSPS) is 11.9. The van der Waals surface area contributed by atoms with E-state index in [0.717, 1.165) is 6.08 Å². The summed E-state index contributed by atoms with van der Waals surface area (Å²) in [5, 5.41) is 12.8. The minimum absolute atomic E-state index is 0.233. The van der Waals surface area contributed by atoms with Crippen LogP contribution in [-0.4, -0.2) is 16.8 Å². The Morgan fingerprint density at radius 1 is 1.50 bits per heavy atom. The molecule has 1 N–H and O–H groups in total. The molecule has 0 saturated carbocycles. The SMILES string of the molecule is CC(C=CC(=O)N=O)=NO. The van der Waals surface area contributed by atoms with Gasteiger partial charge in [0.15, 0.2) is 0 Å². The Labute approximate surface area is 57.0 Å². The van der Waals surface area contributed by atoms with Gasteiger partial charge in [0.2, 0.25) is 0 Å². The number of carbonyl (C=O) groups excluding carboxylic acids is 1. The van der Waals surface area contributed by atoms with Crippen molar-refractivity contribution in [1.29, 1.82) is 0 Å². The highest BCUT2D eigenvalue weighted by atomic mass is 16.4. The van der Waals surface area contributed by atoms with Crippen LogP contribution in [0.15, 0.2) is 22.5 Å². The van der Waals surface area contributed by atoms with E-state index in [1.807, 2.05) is 0 Å². The molecule has 0 saturated heterocycles. The predicted octanol–water partition coefficient (Wildman–Crippen LogP) is 0.686. The predicted molar refractivity (Wildman–Crippen MR) is 34.8 cm³/mol. The second kappa shape index (κ2) is 4.37. The van der Waals surface area contributed by atoms with E-state index in [9.17, 15) is 9.70 Å². The number of carbonyl (C=O) groups is 1. The van der Waals surface area contributed by atoms with Crippen molar-refractivity contribution >= 4 is 11.6 Å². The lowest BCUT2D eigenvalue weighted by Gasteiger charge is -1.80. The van der Waals surface area contributed by atoms with E-state index in [1.165, 1.54) is 13.0 Å². The molecule has 0 aliphatic heterocycles. The number of amides is 1. The molecule has 0 aliphatic carbocycles. The van der Waals surface area contributed by atoms with Gasteiger partial charge in [-0.15, -0.1) is 4.91 Å². The first-order valence-corrected chi connectivity index (χ1v) is 2.44. The summed E-state index contributed by atoms with van der Waals surface area (Å²) in [7, 11) is 0. The fraction of sp³-hybridized carbons (Fsp3) is 0.200. The van der Waals surface area contributed by atoms with Gasteiger partial charge in [0.1, 0.15) is 0 Å². The quantitative estimate of drug-likeness (QED) is 0.202. The Bertz CT molecular complexity index is 191. The molecule has 0 aliphatic rings. The van der Waals surface area contributed by atoms with Gasteiger partial charge in [-0.05, 0) is 13.0 Å². The van der Waals surface area contributed by atoms with Gasteiger partial charge in [-0.1, -0.05) is 5.16 Å². The first-order chi connectivity index (χ1) is 4.70. The third-order valence-corrected chi connectivity index (χ3v) is 0.715. The molecule has 0 radical (unpaired) electrons. The molecule has 5 nitrogen and oxygen atoms in total. The van der Waals surface area contributed by atoms with Crippen LogP contribution in [0.25, 0.3) is 0 Å². The lowest BCUT2D eigenvalue weighted by molar-refractivity contribution is -0.113. The smallest absolute Gasteiger partial charge is 0.309 e. The van der Waals surface area contributed by atoms with Crippen LogP contribution in [-0.2, 0) is 4.79 Å². The molecular formula is C5H6N2O3. The lowest BCUT2D eigenvalue weighted by atomic mass is 10.4. The molecule has 0 aromatic heterocycles. The topological polar surface area (TPSA) is 79.1 Å². The van der Waals surface area contributed by atoms with E-state index in [0.29, 0.717) is 0 Å². The van der Waals surface area contributed by atoms with Crippen molar-refractivity contribution in [1.82, 2.24) is 0 Å². The number of hydrogen-bond acceptors (Lipinski definition) is 4. The van der Waals surface area contributed by atoms with Gasteiger partial charge in [0, 0.05) is 11.3 Å². The highest BCUT2D eigenvalue weighted by Gasteiger charge is 1.90. The third kappa shape index (κ3) is 3.48. The Morgan fingerprint density at radius 3 is 2.50 bits per heavy atom. The van der Waals surface area contributed by atoms with E-state index in [2.05, 4.69) is 10.3 Å². The molecule has 0 rings (SSSR count). The fourth-order valence-electron chi connectivity index (χ4n) is 0.256. The molecule has 0 bridgehead atoms. The highest BCUT2D eigenvalue weighted by Crippen LogP contribution is 1.81. The summed E-state index contributed by atoms with van der Waals surface area (Å²) in [6.45, 7) is 1.47. The number of allylic oxidation sites excluding steroid dienone is 1. The van der Waals surface area contributed by atoms with E-state index >= 15 is 0 Å². The summed E-state index contributed by atoms with van der Waals surface area (Å²) in [6.07, 6.45) is 2.10. The number of oxime groups is 1. The first-order valence-electron chi connectivity index (χ1n) is 2.44. The van der Waals surface area contributed by atoms with Crippen LogP contribution in [0.4, 0.5) is 0 Å². The van der Waals surface area contributed by atoms with Crippen LogP contribution in [0.3, 0.4) is 0 Å². The molecule has 0 spiro atoms. The summed E-state index contributed by atoms with van der Waals surface area (Å²) < 4.78 is 0. The van der Waals surface area contributed by atoms with Gasteiger partial charge in [0.05, 0.1) is 5.71 Å². The van der Waals surface area contributed by atoms with Crippen molar-refractivity contribution in [2.75, 3.05) is 0 Å². The van der Waals surface area contributed by atoms with Gasteiger partial charge < -0.3 is 5.21 Å². The second-order valence-electron chi connectivity index (χ2n) is 1.50. The van der Waals surface area contributed by atoms with Crippen molar-refractivity contribution in [2.45, 2.75) is 6.92 Å². The molecule has 0 heterocycles. The van der Waals surface area contributed by atoms with Crippen molar-refractivity contribution in [2.24, 2.45) is 10.3 Å². The molecule has 0 atom stereocenters. The van der Waals surface area contributed by atoms with Crippen LogP contribution in [0.5, 0.6) is 0 Å². The minimum Gasteiger partial charge on any atom is -0.411 e. The molecule has 0 aromatic rings. The second-order valence-corrected chi connectivity index (χ2v) is 1.50. The zero-order valence-corrected chi connectivity index (χ0v) is 5.31. The third-order valence-electron chi connectivity index (χ3n) is 0.715. The van der Waals surface area contributed by atoms with Gasteiger partial charge in [0.25, 0.3) is 0 Å². The maximum absolute atomic E-state index is 10.1. The van der Waals surface area contributed by atoms with Crippen LogP contribution in [0.2, 0.25) is 0 Å². The van der Waals surface area contributed by atoms with E-state index in [1.54, 1.807) is 0 Å². The Hall–Kier alpha value is -1.52. The molecule has 0 fully saturated rings. The molecule has 54 valence electrons. The summed E-state index contributed by atoms with van der Waals surface area (Å²) in [6, 6.07) is 0. The van der Waals surface area contributed by atoms with E-state index in [-0.39, 0.29) is 5.71 Å². The molecule has 5 heteroatoms. The minimum atomic E-state index is -0.900. The average molecular weight is 142 g/mol. The van der Waals surface area contributed by atoms with Crippen molar-refractivity contribution in [3.05, 3.63) is 17.1 Å². The maximum Gasteiger partial charge on any atom is 0.309 e. The largest absolute Gasteiger partial charge is 0.411 e.